The molecular formula is C25H31ClFN7O. The maximum atomic E-state index is 13.3. The summed E-state index contributed by atoms with van der Waals surface area (Å²) in [5, 5.41) is 7.19. The fourth-order valence-electron chi connectivity index (χ4n) is 3.75. The summed E-state index contributed by atoms with van der Waals surface area (Å²) in [5.74, 6) is 1.17. The van der Waals surface area contributed by atoms with Crippen molar-refractivity contribution in [3.05, 3.63) is 59.4 Å². The number of halogens is 2. The van der Waals surface area contributed by atoms with Gasteiger partial charge in [-0.05, 0) is 56.7 Å². The van der Waals surface area contributed by atoms with Gasteiger partial charge < -0.3 is 25.2 Å². The van der Waals surface area contributed by atoms with Crippen LogP contribution in [0.3, 0.4) is 0 Å². The Kier molecular flexibility index (Phi) is 8.54. The van der Waals surface area contributed by atoms with Crippen molar-refractivity contribution in [3.8, 4) is 0 Å². The number of aromatic nitrogens is 3. The van der Waals surface area contributed by atoms with Crippen molar-refractivity contribution in [1.29, 1.82) is 0 Å². The van der Waals surface area contributed by atoms with Gasteiger partial charge in [0.25, 0.3) is 0 Å². The van der Waals surface area contributed by atoms with Crippen LogP contribution in [0.5, 0.6) is 0 Å². The van der Waals surface area contributed by atoms with Crippen molar-refractivity contribution in [2.45, 2.75) is 26.4 Å². The number of rotatable bonds is 10. The quantitative estimate of drug-likeness (QED) is 0.379. The standard InChI is InChI=1S/C25H31ClFN7O/c1-18(2)35-17-5-12-28-23-30-24(29-20-10-8-19(27)9-11-20)32-25(31-23)34-15-13-33(14-16-34)22-7-4-3-6-21(22)26/h3-4,6-11,18H,5,12-17H2,1-2H3,(H2,28,29,30,31,32). The second kappa shape index (κ2) is 12.0. The molecule has 1 fully saturated rings. The number of nitrogens with zero attached hydrogens (tertiary/aromatic N) is 5. The third-order valence-corrected chi connectivity index (χ3v) is 5.85. The highest BCUT2D eigenvalue weighted by Gasteiger charge is 2.22. The van der Waals surface area contributed by atoms with Crippen molar-refractivity contribution in [1.82, 2.24) is 15.0 Å². The van der Waals surface area contributed by atoms with Gasteiger partial charge in [-0.3, -0.25) is 0 Å². The summed E-state index contributed by atoms with van der Waals surface area (Å²) in [6.07, 6.45) is 1.03. The summed E-state index contributed by atoms with van der Waals surface area (Å²) in [6.45, 7) is 8.45. The third kappa shape index (κ3) is 7.16. The minimum Gasteiger partial charge on any atom is -0.379 e. The van der Waals surface area contributed by atoms with Gasteiger partial charge in [-0.2, -0.15) is 15.0 Å². The van der Waals surface area contributed by atoms with E-state index >= 15 is 0 Å². The first-order valence-corrected chi connectivity index (χ1v) is 12.2. The molecule has 1 aliphatic rings. The molecule has 0 aliphatic carbocycles. The average Bonchev–Trinajstić information content (AvgIpc) is 2.85. The van der Waals surface area contributed by atoms with E-state index < -0.39 is 0 Å². The van der Waals surface area contributed by atoms with Crippen molar-refractivity contribution in [2.75, 3.05) is 59.8 Å². The smallest absolute Gasteiger partial charge is 0.233 e. The maximum Gasteiger partial charge on any atom is 0.233 e. The zero-order valence-corrected chi connectivity index (χ0v) is 20.8. The van der Waals surface area contributed by atoms with Gasteiger partial charge in [0.05, 0.1) is 16.8 Å². The summed E-state index contributed by atoms with van der Waals surface area (Å²) in [6, 6.07) is 14.0. The van der Waals surface area contributed by atoms with Gasteiger partial charge in [-0.15, -0.1) is 0 Å². The molecule has 3 aromatic rings. The van der Waals surface area contributed by atoms with E-state index in [0.29, 0.717) is 36.7 Å². The number of benzene rings is 2. The Bertz CT molecular complexity index is 1090. The minimum absolute atomic E-state index is 0.203. The van der Waals surface area contributed by atoms with Crippen LogP contribution in [0.2, 0.25) is 5.02 Å². The molecule has 2 N–H and O–H groups in total. The molecule has 2 aromatic carbocycles. The van der Waals surface area contributed by atoms with E-state index in [4.69, 9.17) is 16.3 Å². The lowest BCUT2D eigenvalue weighted by molar-refractivity contribution is 0.0787. The summed E-state index contributed by atoms with van der Waals surface area (Å²) in [5.41, 5.74) is 1.73. The van der Waals surface area contributed by atoms with Crippen LogP contribution >= 0.6 is 11.6 Å². The fraction of sp³-hybridized carbons (Fsp3) is 0.400. The first kappa shape index (κ1) is 24.9. The van der Waals surface area contributed by atoms with E-state index in [1.54, 1.807) is 12.1 Å². The van der Waals surface area contributed by atoms with Crippen molar-refractivity contribution < 1.29 is 9.13 Å². The molecule has 0 unspecified atom stereocenters. The first-order chi connectivity index (χ1) is 17.0. The highest BCUT2D eigenvalue weighted by molar-refractivity contribution is 6.33. The molecule has 0 saturated carbocycles. The molecular weight excluding hydrogens is 469 g/mol. The molecule has 1 aliphatic heterocycles. The molecule has 35 heavy (non-hydrogen) atoms. The zero-order chi connectivity index (χ0) is 24.6. The van der Waals surface area contributed by atoms with E-state index in [-0.39, 0.29) is 11.9 Å². The van der Waals surface area contributed by atoms with Crippen LogP contribution in [0.4, 0.5) is 33.6 Å². The van der Waals surface area contributed by atoms with Gasteiger partial charge in [-0.25, -0.2) is 4.39 Å². The van der Waals surface area contributed by atoms with Gasteiger partial charge in [0.1, 0.15) is 5.82 Å². The molecule has 4 rings (SSSR count). The molecule has 0 bridgehead atoms. The van der Waals surface area contributed by atoms with Crippen LogP contribution in [-0.2, 0) is 4.74 Å². The molecule has 1 saturated heterocycles. The molecule has 0 radical (unpaired) electrons. The summed E-state index contributed by atoms with van der Waals surface area (Å²) < 4.78 is 18.9. The second-order valence-corrected chi connectivity index (χ2v) is 8.95. The normalized spacial score (nSPS) is 13.9. The van der Waals surface area contributed by atoms with E-state index in [2.05, 4.69) is 35.4 Å². The monoisotopic (exact) mass is 499 g/mol. The molecule has 1 aromatic heterocycles. The first-order valence-electron chi connectivity index (χ1n) is 11.9. The summed E-state index contributed by atoms with van der Waals surface area (Å²) in [4.78, 5) is 18.2. The molecule has 0 spiro atoms. The Morgan fingerprint density at radius 1 is 0.943 bits per heavy atom. The van der Waals surface area contributed by atoms with Gasteiger partial charge >= 0.3 is 0 Å². The predicted molar refractivity (Wildman–Crippen MR) is 140 cm³/mol. The fourth-order valence-corrected chi connectivity index (χ4v) is 4.01. The van der Waals surface area contributed by atoms with Crippen LogP contribution in [0.25, 0.3) is 0 Å². The lowest BCUT2D eigenvalue weighted by Crippen LogP contribution is -2.47. The summed E-state index contributed by atoms with van der Waals surface area (Å²) >= 11 is 6.39. The topological polar surface area (TPSA) is 78.4 Å². The Hall–Kier alpha value is -3.17. The number of ether oxygens (including phenoxy) is 1. The second-order valence-electron chi connectivity index (χ2n) is 8.54. The average molecular weight is 500 g/mol. The van der Waals surface area contributed by atoms with Crippen LogP contribution in [-0.4, -0.2) is 60.4 Å². The van der Waals surface area contributed by atoms with Crippen molar-refractivity contribution in [2.24, 2.45) is 0 Å². The van der Waals surface area contributed by atoms with Crippen molar-refractivity contribution >= 4 is 40.8 Å². The van der Waals surface area contributed by atoms with Gasteiger partial charge in [0.15, 0.2) is 0 Å². The van der Waals surface area contributed by atoms with E-state index in [1.165, 1.54) is 12.1 Å². The van der Waals surface area contributed by atoms with E-state index in [9.17, 15) is 4.39 Å². The highest BCUT2D eigenvalue weighted by Crippen LogP contribution is 2.27. The molecule has 8 nitrogen and oxygen atoms in total. The largest absolute Gasteiger partial charge is 0.379 e. The molecule has 0 atom stereocenters. The third-order valence-electron chi connectivity index (χ3n) is 5.54. The van der Waals surface area contributed by atoms with Crippen molar-refractivity contribution in [3.63, 3.8) is 0 Å². The molecule has 186 valence electrons. The predicted octanol–water partition coefficient (Wildman–Crippen LogP) is 4.96. The molecule has 2 heterocycles. The van der Waals surface area contributed by atoms with Crippen LogP contribution in [0.1, 0.15) is 20.3 Å². The number of nitrogens with one attached hydrogen (secondary N) is 2. The Balaban J connectivity index is 1.46. The van der Waals surface area contributed by atoms with Gasteiger partial charge in [0.2, 0.25) is 17.8 Å². The SMILES string of the molecule is CC(C)OCCCNc1nc(Nc2ccc(F)cc2)nc(N2CCN(c3ccccc3Cl)CC2)n1. The van der Waals surface area contributed by atoms with Crippen LogP contribution < -0.4 is 20.4 Å². The lowest BCUT2D eigenvalue weighted by Gasteiger charge is -2.36. The van der Waals surface area contributed by atoms with Crippen LogP contribution in [0.15, 0.2) is 48.5 Å². The molecule has 10 heteroatoms. The van der Waals surface area contributed by atoms with Gasteiger partial charge in [-0.1, -0.05) is 23.7 Å². The minimum atomic E-state index is -0.297. The van der Waals surface area contributed by atoms with E-state index in [1.807, 2.05) is 38.1 Å². The van der Waals surface area contributed by atoms with Gasteiger partial charge in [0, 0.05) is 45.0 Å². The van der Waals surface area contributed by atoms with E-state index in [0.717, 1.165) is 43.3 Å². The van der Waals surface area contributed by atoms with Crippen LogP contribution in [0, 0.1) is 5.82 Å². The lowest BCUT2D eigenvalue weighted by atomic mass is 10.2. The number of hydrogen-bond acceptors (Lipinski definition) is 8. The number of para-hydroxylation sites is 1. The Labute approximate surface area is 210 Å². The number of hydrogen-bond donors (Lipinski definition) is 2. The summed E-state index contributed by atoms with van der Waals surface area (Å²) in [7, 11) is 0. The maximum absolute atomic E-state index is 13.3. The number of piperazine rings is 1. The Morgan fingerprint density at radius 3 is 2.34 bits per heavy atom. The zero-order valence-electron chi connectivity index (χ0n) is 20.0. The Morgan fingerprint density at radius 2 is 1.63 bits per heavy atom. The number of anilines is 5. The molecule has 0 amide bonds. The highest BCUT2D eigenvalue weighted by atomic mass is 35.5.